The van der Waals surface area contributed by atoms with Gasteiger partial charge < -0.3 is 15.5 Å². The number of pyridine rings is 1. The van der Waals surface area contributed by atoms with Crippen molar-refractivity contribution in [2.45, 2.75) is 19.4 Å². The minimum absolute atomic E-state index is 0.289. The number of rotatable bonds is 4. The molecule has 1 fully saturated rings. The summed E-state index contributed by atoms with van der Waals surface area (Å²) in [5, 5.41) is 5.42. The molecule has 1 saturated heterocycles. The Morgan fingerprint density at radius 1 is 1.11 bits per heavy atom. The molecule has 0 saturated carbocycles. The van der Waals surface area contributed by atoms with E-state index in [0.717, 1.165) is 12.3 Å². The molecule has 0 spiro atoms. The summed E-state index contributed by atoms with van der Waals surface area (Å²) in [6, 6.07) is 3.93. The number of amides is 2. The van der Waals surface area contributed by atoms with Crippen LogP contribution in [0.4, 0.5) is 23.8 Å². The highest BCUT2D eigenvalue weighted by atomic mass is 19.1. The van der Waals surface area contributed by atoms with Gasteiger partial charge in [0.25, 0.3) is 0 Å². The number of carbonyl (C=O) groups is 1. The number of carbonyl (C=O) groups excluding carboxylic acids is 1. The van der Waals surface area contributed by atoms with E-state index in [4.69, 9.17) is 5.73 Å². The molecule has 2 aromatic rings. The number of nitrogens with zero attached hydrogens (tertiary/aromatic N) is 6. The van der Waals surface area contributed by atoms with Crippen LogP contribution in [0.1, 0.15) is 30.5 Å². The molecule has 8 nitrogen and oxygen atoms in total. The second kappa shape index (κ2) is 10.2. The van der Waals surface area contributed by atoms with Gasteiger partial charge in [-0.05, 0) is 36.8 Å². The summed E-state index contributed by atoms with van der Waals surface area (Å²) in [5.41, 5.74) is 7.29. The van der Waals surface area contributed by atoms with Gasteiger partial charge >= 0.3 is 6.03 Å². The predicted molar refractivity (Wildman–Crippen MR) is 128 cm³/mol. The van der Waals surface area contributed by atoms with Gasteiger partial charge in [-0.3, -0.25) is 4.99 Å². The van der Waals surface area contributed by atoms with Crippen LogP contribution in [0.15, 0.2) is 52.3 Å². The molecule has 0 radical (unpaired) electrons. The molecule has 2 aliphatic rings. The summed E-state index contributed by atoms with van der Waals surface area (Å²) in [4.78, 5) is 25.1. The third-order valence-corrected chi connectivity index (χ3v) is 5.89. The Morgan fingerprint density at radius 3 is 2.43 bits per heavy atom. The zero-order chi connectivity index (χ0) is 25.1. The summed E-state index contributed by atoms with van der Waals surface area (Å²) in [5.74, 6) is -1.35. The van der Waals surface area contributed by atoms with Crippen LogP contribution in [0.25, 0.3) is 0 Å². The molecule has 0 bridgehead atoms. The summed E-state index contributed by atoms with van der Waals surface area (Å²) < 4.78 is 41.9. The molecule has 184 valence electrons. The monoisotopic (exact) mass is 485 g/mol. The molecule has 1 unspecified atom stereocenters. The first-order valence-corrected chi connectivity index (χ1v) is 11.1. The predicted octanol–water partition coefficient (Wildman–Crippen LogP) is 3.46. The van der Waals surface area contributed by atoms with Crippen molar-refractivity contribution < 1.29 is 18.0 Å². The fourth-order valence-corrected chi connectivity index (χ4v) is 4.19. The highest BCUT2D eigenvalue weighted by Gasteiger charge is 2.33. The molecule has 0 aliphatic carbocycles. The van der Waals surface area contributed by atoms with Gasteiger partial charge in [-0.15, -0.1) is 0 Å². The number of halogens is 3. The van der Waals surface area contributed by atoms with Gasteiger partial charge in [-0.1, -0.05) is 0 Å². The van der Waals surface area contributed by atoms with Crippen LogP contribution < -0.4 is 10.6 Å². The number of anilines is 1. The Morgan fingerprint density at radius 2 is 1.80 bits per heavy atom. The molecule has 11 heteroatoms. The van der Waals surface area contributed by atoms with Gasteiger partial charge in [0.05, 0.1) is 18.0 Å². The van der Waals surface area contributed by atoms with Crippen molar-refractivity contribution in [2.24, 2.45) is 15.8 Å². The third kappa shape index (κ3) is 5.28. The molecule has 2 aliphatic heterocycles. The maximum absolute atomic E-state index is 14.4. The standard InChI is InChI=1S/C24H26F3N7O/c1-15(28)9-21(29-2)19-13-23(30-14-20(19)27)32-5-7-33(8-6-32)24(35)34-22(3-4-31-34)16-10-17(25)12-18(26)11-16/h4,9-14,22H,3,5-8,28H2,1-2H3. The first-order chi connectivity index (χ1) is 16.8. The highest BCUT2D eigenvalue weighted by Crippen LogP contribution is 2.30. The smallest absolute Gasteiger partial charge is 0.341 e. The second-order valence-corrected chi connectivity index (χ2v) is 8.37. The normalized spacial score (nSPS) is 19.0. The van der Waals surface area contributed by atoms with E-state index in [2.05, 4.69) is 15.1 Å². The zero-order valence-electron chi connectivity index (χ0n) is 19.5. The first-order valence-electron chi connectivity index (χ1n) is 11.1. The number of hydrazone groups is 1. The lowest BCUT2D eigenvalue weighted by Crippen LogP contribution is -2.52. The Labute approximate surface area is 201 Å². The van der Waals surface area contributed by atoms with E-state index < -0.39 is 23.5 Å². The summed E-state index contributed by atoms with van der Waals surface area (Å²) in [6.45, 7) is 3.37. The molecule has 2 amide bonds. The van der Waals surface area contributed by atoms with Crippen molar-refractivity contribution in [1.82, 2.24) is 14.9 Å². The van der Waals surface area contributed by atoms with E-state index in [9.17, 15) is 18.0 Å². The summed E-state index contributed by atoms with van der Waals surface area (Å²) in [7, 11) is 1.56. The number of hydrogen-bond donors (Lipinski definition) is 1. The minimum Gasteiger partial charge on any atom is -0.402 e. The van der Waals surface area contributed by atoms with Gasteiger partial charge in [0.1, 0.15) is 17.5 Å². The van der Waals surface area contributed by atoms with Gasteiger partial charge in [-0.2, -0.15) is 5.10 Å². The topological polar surface area (TPSA) is 90.4 Å². The zero-order valence-corrected chi connectivity index (χ0v) is 19.5. The van der Waals surface area contributed by atoms with E-state index in [1.165, 1.54) is 17.1 Å². The lowest BCUT2D eigenvalue weighted by Gasteiger charge is -2.37. The molecule has 4 rings (SSSR count). The number of benzene rings is 1. The minimum atomic E-state index is -0.701. The van der Waals surface area contributed by atoms with E-state index in [0.29, 0.717) is 55.4 Å². The fourth-order valence-electron chi connectivity index (χ4n) is 4.19. The van der Waals surface area contributed by atoms with E-state index in [1.807, 2.05) is 4.90 Å². The number of aliphatic imine (C=N–C) groups is 1. The van der Waals surface area contributed by atoms with Crippen molar-refractivity contribution >= 4 is 23.8 Å². The number of hydrogen-bond acceptors (Lipinski definition) is 6. The summed E-state index contributed by atoms with van der Waals surface area (Å²) >= 11 is 0. The van der Waals surface area contributed by atoms with Crippen LogP contribution in [0.2, 0.25) is 0 Å². The molecule has 35 heavy (non-hydrogen) atoms. The van der Waals surface area contributed by atoms with Gasteiger partial charge in [-0.25, -0.2) is 28.0 Å². The molecule has 1 atom stereocenters. The van der Waals surface area contributed by atoms with Crippen LogP contribution in [-0.2, 0) is 0 Å². The highest BCUT2D eigenvalue weighted by molar-refractivity contribution is 6.09. The molecule has 1 aromatic carbocycles. The molecular weight excluding hydrogens is 459 g/mol. The summed E-state index contributed by atoms with van der Waals surface area (Å²) in [6.07, 6.45) is 4.68. The average molecular weight is 486 g/mol. The van der Waals surface area contributed by atoms with Crippen LogP contribution in [0, 0.1) is 17.5 Å². The van der Waals surface area contributed by atoms with Crippen molar-refractivity contribution in [2.75, 3.05) is 38.1 Å². The largest absolute Gasteiger partial charge is 0.402 e. The van der Waals surface area contributed by atoms with Crippen LogP contribution in [0.3, 0.4) is 0 Å². The van der Waals surface area contributed by atoms with Crippen molar-refractivity contribution in [3.63, 3.8) is 0 Å². The third-order valence-electron chi connectivity index (χ3n) is 5.89. The molecule has 1 aromatic heterocycles. The number of aromatic nitrogens is 1. The lowest BCUT2D eigenvalue weighted by atomic mass is 10.0. The van der Waals surface area contributed by atoms with Crippen molar-refractivity contribution in [3.8, 4) is 0 Å². The van der Waals surface area contributed by atoms with Crippen LogP contribution in [-0.4, -0.2) is 66.1 Å². The van der Waals surface area contributed by atoms with E-state index in [-0.39, 0.29) is 11.6 Å². The van der Waals surface area contributed by atoms with Crippen molar-refractivity contribution in [1.29, 1.82) is 0 Å². The molecule has 3 heterocycles. The fraction of sp³-hybridized carbons (Fsp3) is 0.333. The maximum Gasteiger partial charge on any atom is 0.341 e. The Kier molecular flexibility index (Phi) is 7.04. The molecule has 2 N–H and O–H groups in total. The Bertz CT molecular complexity index is 1180. The lowest BCUT2D eigenvalue weighted by molar-refractivity contribution is 0.139. The average Bonchev–Trinajstić information content (AvgIpc) is 3.32. The Hall–Kier alpha value is -3.89. The quantitative estimate of drug-likeness (QED) is 0.672. The molecular formula is C24H26F3N7O. The van der Waals surface area contributed by atoms with Crippen molar-refractivity contribution in [3.05, 3.63) is 70.8 Å². The number of nitrogens with two attached hydrogens (primary N) is 1. The SMILES string of the molecule is CN=C(C=C(C)N)c1cc(N2CCN(C(=O)N3N=CCC3c3cc(F)cc(F)c3)CC2)ncc1F. The van der Waals surface area contributed by atoms with E-state index >= 15 is 0 Å². The van der Waals surface area contributed by atoms with Gasteiger partial charge in [0.2, 0.25) is 0 Å². The number of piperazine rings is 1. The number of allylic oxidation sites excluding steroid dienone is 2. The second-order valence-electron chi connectivity index (χ2n) is 8.37. The van der Waals surface area contributed by atoms with Crippen LogP contribution in [0.5, 0.6) is 0 Å². The van der Waals surface area contributed by atoms with Gasteiger partial charge in [0, 0.05) is 63.2 Å². The van der Waals surface area contributed by atoms with E-state index in [1.54, 1.807) is 37.2 Å². The number of urea groups is 1. The Balaban J connectivity index is 1.45. The maximum atomic E-state index is 14.4. The van der Waals surface area contributed by atoms with Gasteiger partial charge in [0.15, 0.2) is 5.82 Å². The van der Waals surface area contributed by atoms with Crippen LogP contribution >= 0.6 is 0 Å². The first kappa shape index (κ1) is 24.2.